The molecule has 3 aromatic heterocycles. The molecule has 1 aliphatic rings. The van der Waals surface area contributed by atoms with E-state index in [0.29, 0.717) is 16.8 Å². The summed E-state index contributed by atoms with van der Waals surface area (Å²) in [6.45, 7) is 5.28. The van der Waals surface area contributed by atoms with Gasteiger partial charge in [-0.25, -0.2) is 22.7 Å². The first-order valence-electron chi connectivity index (χ1n) is 11.4. The van der Waals surface area contributed by atoms with Crippen molar-refractivity contribution in [3.8, 4) is 11.3 Å². The molecule has 0 unspecified atom stereocenters. The van der Waals surface area contributed by atoms with Crippen LogP contribution in [0.5, 0.6) is 0 Å². The Kier molecular flexibility index (Phi) is 6.22. The van der Waals surface area contributed by atoms with Crippen molar-refractivity contribution in [2.24, 2.45) is 0 Å². The smallest absolute Gasteiger partial charge is 0.267 e. The molecule has 5 rings (SSSR count). The van der Waals surface area contributed by atoms with Crippen molar-refractivity contribution in [1.29, 1.82) is 0 Å². The topological polar surface area (TPSA) is 73.4 Å². The number of imidazole rings is 1. The van der Waals surface area contributed by atoms with Crippen molar-refractivity contribution in [2.45, 2.75) is 38.7 Å². The molecule has 0 aliphatic carbocycles. The summed E-state index contributed by atoms with van der Waals surface area (Å²) in [7, 11) is 1.70. The van der Waals surface area contributed by atoms with E-state index < -0.39 is 12.2 Å². The summed E-state index contributed by atoms with van der Waals surface area (Å²) >= 11 is 0. The molecule has 0 spiro atoms. The number of alkyl halides is 2. The quantitative estimate of drug-likeness (QED) is 0.375. The second-order valence-corrected chi connectivity index (χ2v) is 8.70. The molecule has 34 heavy (non-hydrogen) atoms. The maximum absolute atomic E-state index is 15.0. The summed E-state index contributed by atoms with van der Waals surface area (Å²) in [5, 5.41) is 13.3. The SMILES string of the molecule is COCCCN1CCC(n2nc3cc(-c4cc(C(F)F)c5nc(C)cn5n4)cc(F)c3n2)CC1. The zero-order valence-electron chi connectivity index (χ0n) is 19.1. The summed E-state index contributed by atoms with van der Waals surface area (Å²) in [6, 6.07) is 4.27. The maximum atomic E-state index is 15.0. The summed E-state index contributed by atoms with van der Waals surface area (Å²) in [5.41, 5.74) is 1.54. The predicted molar refractivity (Wildman–Crippen MR) is 120 cm³/mol. The first-order chi connectivity index (χ1) is 16.4. The Morgan fingerprint density at radius 3 is 2.65 bits per heavy atom. The van der Waals surface area contributed by atoms with E-state index in [-0.39, 0.29) is 28.5 Å². The molecule has 1 aromatic carbocycles. The van der Waals surface area contributed by atoms with E-state index in [0.717, 1.165) is 45.5 Å². The van der Waals surface area contributed by atoms with Crippen molar-refractivity contribution < 1.29 is 17.9 Å². The molecule has 11 heteroatoms. The second kappa shape index (κ2) is 9.30. The molecule has 0 radical (unpaired) electrons. The zero-order chi connectivity index (χ0) is 23.8. The van der Waals surface area contributed by atoms with Crippen molar-refractivity contribution >= 4 is 16.7 Å². The van der Waals surface area contributed by atoms with Crippen molar-refractivity contribution in [3.63, 3.8) is 0 Å². The first kappa shape index (κ1) is 22.7. The molecule has 1 aliphatic heterocycles. The van der Waals surface area contributed by atoms with Crippen LogP contribution in [0.3, 0.4) is 0 Å². The highest BCUT2D eigenvalue weighted by Crippen LogP contribution is 2.30. The average Bonchev–Trinajstić information content (AvgIpc) is 3.42. The van der Waals surface area contributed by atoms with Gasteiger partial charge in [0.2, 0.25) is 0 Å². The molecule has 0 bridgehead atoms. The number of likely N-dealkylation sites (tertiary alicyclic amines) is 1. The largest absolute Gasteiger partial charge is 0.385 e. The fraction of sp³-hybridized carbons (Fsp3) is 0.478. The van der Waals surface area contributed by atoms with Gasteiger partial charge in [0.25, 0.3) is 6.43 Å². The number of piperidine rings is 1. The number of nitrogens with zero attached hydrogens (tertiary/aromatic N) is 7. The van der Waals surface area contributed by atoms with Gasteiger partial charge in [-0.2, -0.15) is 15.0 Å². The van der Waals surface area contributed by atoms with Crippen LogP contribution < -0.4 is 0 Å². The Balaban J connectivity index is 1.42. The molecule has 1 fully saturated rings. The van der Waals surface area contributed by atoms with Crippen LogP contribution in [0.15, 0.2) is 24.4 Å². The van der Waals surface area contributed by atoms with Crippen molar-refractivity contribution in [1.82, 2.24) is 34.5 Å². The fourth-order valence-electron chi connectivity index (χ4n) is 4.53. The number of hydrogen-bond donors (Lipinski definition) is 0. The molecule has 180 valence electrons. The molecule has 8 nitrogen and oxygen atoms in total. The van der Waals surface area contributed by atoms with Gasteiger partial charge in [0.1, 0.15) is 11.0 Å². The van der Waals surface area contributed by atoms with Gasteiger partial charge in [0.15, 0.2) is 11.5 Å². The molecule has 4 aromatic rings. The van der Waals surface area contributed by atoms with Crippen LogP contribution in [0, 0.1) is 12.7 Å². The Morgan fingerprint density at radius 2 is 1.91 bits per heavy atom. The number of benzene rings is 1. The Hall–Kier alpha value is -3.05. The number of hydrogen-bond acceptors (Lipinski definition) is 6. The van der Waals surface area contributed by atoms with Gasteiger partial charge in [0, 0.05) is 38.9 Å². The van der Waals surface area contributed by atoms with Crippen LogP contribution in [0.4, 0.5) is 13.2 Å². The van der Waals surface area contributed by atoms with E-state index in [1.807, 2.05) is 0 Å². The fourth-order valence-corrected chi connectivity index (χ4v) is 4.53. The number of rotatable bonds is 7. The minimum Gasteiger partial charge on any atom is -0.385 e. The van der Waals surface area contributed by atoms with E-state index >= 15 is 0 Å². The van der Waals surface area contributed by atoms with Gasteiger partial charge in [0.05, 0.1) is 29.2 Å². The summed E-state index contributed by atoms with van der Waals surface area (Å²) in [5.74, 6) is -0.557. The highest BCUT2D eigenvalue weighted by molar-refractivity contribution is 5.81. The van der Waals surface area contributed by atoms with Gasteiger partial charge in [-0.1, -0.05) is 0 Å². The van der Waals surface area contributed by atoms with Gasteiger partial charge in [-0.3, -0.25) is 0 Å². The Labute approximate surface area is 194 Å². The second-order valence-electron chi connectivity index (χ2n) is 8.70. The summed E-state index contributed by atoms with van der Waals surface area (Å²) < 4.78 is 48.8. The van der Waals surface area contributed by atoms with Gasteiger partial charge in [-0.05, 0) is 44.4 Å². The first-order valence-corrected chi connectivity index (χ1v) is 11.4. The minimum absolute atomic E-state index is 0.0859. The minimum atomic E-state index is -2.74. The lowest BCUT2D eigenvalue weighted by Crippen LogP contribution is -2.36. The molecule has 0 amide bonds. The zero-order valence-corrected chi connectivity index (χ0v) is 19.1. The lowest BCUT2D eigenvalue weighted by Gasteiger charge is -2.31. The molecule has 4 heterocycles. The van der Waals surface area contributed by atoms with Crippen molar-refractivity contribution in [3.05, 3.63) is 41.5 Å². The number of ether oxygens (including phenoxy) is 1. The number of fused-ring (bicyclic) bond motifs is 2. The van der Waals surface area contributed by atoms with Gasteiger partial charge >= 0.3 is 0 Å². The number of methoxy groups -OCH3 is 1. The van der Waals surface area contributed by atoms with Gasteiger partial charge in [-0.15, -0.1) is 5.10 Å². The van der Waals surface area contributed by atoms with Crippen LogP contribution in [0.1, 0.15) is 43.0 Å². The van der Waals surface area contributed by atoms with Gasteiger partial charge < -0.3 is 9.64 Å². The molecule has 0 N–H and O–H groups in total. The van der Waals surface area contributed by atoms with E-state index in [9.17, 15) is 13.2 Å². The van der Waals surface area contributed by atoms with Crippen LogP contribution >= 0.6 is 0 Å². The molecule has 0 atom stereocenters. The maximum Gasteiger partial charge on any atom is 0.267 e. The van der Waals surface area contributed by atoms with Crippen LogP contribution in [0.25, 0.3) is 27.9 Å². The van der Waals surface area contributed by atoms with E-state index in [1.54, 1.807) is 31.1 Å². The third-order valence-corrected chi connectivity index (χ3v) is 6.27. The van der Waals surface area contributed by atoms with Crippen LogP contribution in [0.2, 0.25) is 0 Å². The molecule has 0 saturated carbocycles. The lowest BCUT2D eigenvalue weighted by atomic mass is 10.1. The Morgan fingerprint density at radius 1 is 1.12 bits per heavy atom. The summed E-state index contributed by atoms with van der Waals surface area (Å²) in [6.07, 6.45) is 1.57. The van der Waals surface area contributed by atoms with E-state index in [2.05, 4.69) is 25.2 Å². The predicted octanol–water partition coefficient (Wildman–Crippen LogP) is 4.20. The third kappa shape index (κ3) is 4.37. The average molecular weight is 474 g/mol. The Bertz CT molecular complexity index is 1310. The highest BCUT2D eigenvalue weighted by Gasteiger charge is 2.24. The summed E-state index contributed by atoms with van der Waals surface area (Å²) in [4.78, 5) is 8.12. The van der Waals surface area contributed by atoms with Crippen LogP contribution in [-0.2, 0) is 4.74 Å². The van der Waals surface area contributed by atoms with E-state index in [4.69, 9.17) is 4.74 Å². The highest BCUT2D eigenvalue weighted by atomic mass is 19.3. The van der Waals surface area contributed by atoms with Crippen LogP contribution in [-0.4, -0.2) is 67.8 Å². The molecular formula is C23H26F3N7O. The molecular weight excluding hydrogens is 447 g/mol. The van der Waals surface area contributed by atoms with E-state index in [1.165, 1.54) is 16.6 Å². The molecule has 1 saturated heterocycles. The number of aromatic nitrogens is 6. The number of aryl methyl sites for hydroxylation is 1. The standard InChI is InChI=1S/C23H26F3N7O/c1-14-13-32-23(27-14)17(22(25)26)12-19(28-32)15-10-18(24)21-20(11-15)29-33(30-21)16-4-7-31(8-5-16)6-3-9-34-2/h10-13,16,22H,3-9H2,1-2H3. The van der Waals surface area contributed by atoms with Crippen molar-refractivity contribution in [2.75, 3.05) is 33.4 Å². The monoisotopic (exact) mass is 473 g/mol. The third-order valence-electron chi connectivity index (χ3n) is 6.27. The number of halogens is 3. The lowest BCUT2D eigenvalue weighted by molar-refractivity contribution is 0.142. The normalized spacial score (nSPS) is 15.8.